The van der Waals surface area contributed by atoms with Gasteiger partial charge in [0.1, 0.15) is 4.99 Å². The molecule has 0 saturated heterocycles. The summed E-state index contributed by atoms with van der Waals surface area (Å²) in [4.78, 5) is 10.9. The van der Waals surface area contributed by atoms with Crippen LogP contribution in [-0.4, -0.2) is 22.0 Å². The second kappa shape index (κ2) is 6.08. The van der Waals surface area contributed by atoms with Crippen molar-refractivity contribution in [2.75, 3.05) is 11.9 Å². The molecule has 0 spiro atoms. The number of rotatable bonds is 4. The third-order valence-electron chi connectivity index (χ3n) is 2.58. The Morgan fingerprint density at radius 2 is 2.05 bits per heavy atom. The van der Waals surface area contributed by atoms with Gasteiger partial charge in [-0.25, -0.2) is 9.97 Å². The lowest BCUT2D eigenvalue weighted by atomic mass is 10.1. The maximum absolute atomic E-state index is 5.63. The fourth-order valence-corrected chi connectivity index (χ4v) is 2.00. The van der Waals surface area contributed by atoms with Gasteiger partial charge in [-0.3, -0.25) is 0 Å². The van der Waals surface area contributed by atoms with E-state index in [1.54, 1.807) is 12.4 Å². The SMILES string of the molecule is CN(Cc1cccc(C(N)=S)c1)c1ncc(Br)cn1. The predicted octanol–water partition coefficient (Wildman–Crippen LogP) is 2.51. The molecule has 1 aromatic carbocycles. The van der Waals surface area contributed by atoms with Gasteiger partial charge < -0.3 is 10.6 Å². The summed E-state index contributed by atoms with van der Waals surface area (Å²) in [6.07, 6.45) is 3.45. The average molecular weight is 337 g/mol. The Morgan fingerprint density at radius 1 is 1.37 bits per heavy atom. The molecule has 2 rings (SSSR count). The topological polar surface area (TPSA) is 55.0 Å². The van der Waals surface area contributed by atoms with E-state index in [0.29, 0.717) is 17.5 Å². The van der Waals surface area contributed by atoms with Crippen molar-refractivity contribution in [2.24, 2.45) is 5.73 Å². The number of hydrogen-bond donors (Lipinski definition) is 1. The third-order valence-corrected chi connectivity index (χ3v) is 3.22. The first-order chi connectivity index (χ1) is 9.06. The van der Waals surface area contributed by atoms with E-state index in [2.05, 4.69) is 25.9 Å². The molecule has 2 N–H and O–H groups in total. The summed E-state index contributed by atoms with van der Waals surface area (Å²) in [7, 11) is 1.94. The van der Waals surface area contributed by atoms with Crippen LogP contribution in [0.15, 0.2) is 41.1 Å². The van der Waals surface area contributed by atoms with Crippen molar-refractivity contribution in [1.82, 2.24) is 9.97 Å². The standard InChI is InChI=1S/C13H13BrN4S/c1-18(13-16-6-11(14)7-17-13)8-9-3-2-4-10(5-9)12(15)19/h2-7H,8H2,1H3,(H2,15,19). The number of aromatic nitrogens is 2. The van der Waals surface area contributed by atoms with E-state index in [9.17, 15) is 0 Å². The lowest BCUT2D eigenvalue weighted by Crippen LogP contribution is -2.19. The quantitative estimate of drug-likeness (QED) is 0.869. The zero-order valence-electron chi connectivity index (χ0n) is 10.4. The Kier molecular flexibility index (Phi) is 4.44. The smallest absolute Gasteiger partial charge is 0.225 e. The molecule has 0 aliphatic heterocycles. The molecule has 4 nitrogen and oxygen atoms in total. The van der Waals surface area contributed by atoms with Crippen LogP contribution in [0.3, 0.4) is 0 Å². The first-order valence-corrected chi connectivity index (χ1v) is 6.84. The van der Waals surface area contributed by atoms with Crippen LogP contribution < -0.4 is 10.6 Å². The zero-order chi connectivity index (χ0) is 13.8. The van der Waals surface area contributed by atoms with Crippen molar-refractivity contribution in [2.45, 2.75) is 6.54 Å². The van der Waals surface area contributed by atoms with Crippen LogP contribution in [0, 0.1) is 0 Å². The highest BCUT2D eigenvalue weighted by Gasteiger charge is 2.06. The number of thiocarbonyl (C=S) groups is 1. The fraction of sp³-hybridized carbons (Fsp3) is 0.154. The Balaban J connectivity index is 2.14. The van der Waals surface area contributed by atoms with E-state index in [1.807, 2.05) is 36.2 Å². The molecule has 0 amide bonds. The van der Waals surface area contributed by atoms with Gasteiger partial charge in [0.05, 0.1) is 4.47 Å². The summed E-state index contributed by atoms with van der Waals surface area (Å²) in [5.41, 5.74) is 7.61. The van der Waals surface area contributed by atoms with Gasteiger partial charge in [0.25, 0.3) is 0 Å². The number of hydrogen-bond acceptors (Lipinski definition) is 4. The summed E-state index contributed by atoms with van der Waals surface area (Å²) >= 11 is 8.29. The third kappa shape index (κ3) is 3.71. The molecule has 98 valence electrons. The minimum Gasteiger partial charge on any atom is -0.389 e. The Morgan fingerprint density at radius 3 is 2.68 bits per heavy atom. The van der Waals surface area contributed by atoms with Gasteiger partial charge in [-0.2, -0.15) is 0 Å². The molecule has 0 fully saturated rings. The van der Waals surface area contributed by atoms with Gasteiger partial charge in [0.15, 0.2) is 0 Å². The molecular formula is C13H13BrN4S. The summed E-state index contributed by atoms with van der Waals surface area (Å²) < 4.78 is 0.861. The van der Waals surface area contributed by atoms with E-state index >= 15 is 0 Å². The van der Waals surface area contributed by atoms with Crippen LogP contribution in [-0.2, 0) is 6.54 Å². The lowest BCUT2D eigenvalue weighted by Gasteiger charge is -2.17. The van der Waals surface area contributed by atoms with Gasteiger partial charge in [-0.15, -0.1) is 0 Å². The highest BCUT2D eigenvalue weighted by Crippen LogP contribution is 2.13. The second-order valence-electron chi connectivity index (χ2n) is 4.12. The zero-order valence-corrected chi connectivity index (χ0v) is 12.8. The molecule has 19 heavy (non-hydrogen) atoms. The number of nitrogens with zero attached hydrogens (tertiary/aromatic N) is 3. The maximum atomic E-state index is 5.63. The molecule has 1 aromatic heterocycles. The molecule has 0 atom stereocenters. The number of anilines is 1. The molecule has 1 heterocycles. The van der Waals surface area contributed by atoms with Crippen molar-refractivity contribution in [3.63, 3.8) is 0 Å². The summed E-state index contributed by atoms with van der Waals surface area (Å²) in [5, 5.41) is 0. The molecular weight excluding hydrogens is 324 g/mol. The van der Waals surface area contributed by atoms with Crippen LogP contribution in [0.5, 0.6) is 0 Å². The van der Waals surface area contributed by atoms with E-state index < -0.39 is 0 Å². The minimum absolute atomic E-state index is 0.407. The van der Waals surface area contributed by atoms with Crippen molar-refractivity contribution in [3.8, 4) is 0 Å². The molecule has 0 saturated carbocycles. The molecule has 0 aliphatic rings. The van der Waals surface area contributed by atoms with Crippen molar-refractivity contribution in [3.05, 3.63) is 52.3 Å². The Bertz CT molecular complexity index is 585. The van der Waals surface area contributed by atoms with Crippen LogP contribution >= 0.6 is 28.1 Å². The number of nitrogens with two attached hydrogens (primary N) is 1. The summed E-state index contributed by atoms with van der Waals surface area (Å²) in [6.45, 7) is 0.693. The van der Waals surface area contributed by atoms with Gasteiger partial charge in [-0.05, 0) is 27.6 Å². The first-order valence-electron chi connectivity index (χ1n) is 5.63. The molecule has 0 bridgehead atoms. The molecule has 0 aliphatic carbocycles. The second-order valence-corrected chi connectivity index (χ2v) is 5.48. The van der Waals surface area contributed by atoms with Gasteiger partial charge in [0.2, 0.25) is 5.95 Å². The van der Waals surface area contributed by atoms with E-state index in [1.165, 1.54) is 0 Å². The molecule has 2 aromatic rings. The van der Waals surface area contributed by atoms with Crippen molar-refractivity contribution in [1.29, 1.82) is 0 Å². The predicted molar refractivity (Wildman–Crippen MR) is 84.2 cm³/mol. The summed E-state index contributed by atoms with van der Waals surface area (Å²) in [6, 6.07) is 7.86. The molecule has 6 heteroatoms. The fourth-order valence-electron chi connectivity index (χ4n) is 1.67. The van der Waals surface area contributed by atoms with Gasteiger partial charge in [-0.1, -0.05) is 30.4 Å². The normalized spacial score (nSPS) is 10.2. The Hall–Kier alpha value is -1.53. The maximum Gasteiger partial charge on any atom is 0.225 e. The van der Waals surface area contributed by atoms with Crippen LogP contribution in [0.25, 0.3) is 0 Å². The molecule has 0 radical (unpaired) electrons. The van der Waals surface area contributed by atoms with Crippen LogP contribution in [0.4, 0.5) is 5.95 Å². The van der Waals surface area contributed by atoms with Crippen molar-refractivity contribution < 1.29 is 0 Å². The van der Waals surface area contributed by atoms with Crippen molar-refractivity contribution >= 4 is 39.1 Å². The minimum atomic E-state index is 0.407. The highest BCUT2D eigenvalue weighted by atomic mass is 79.9. The van der Waals surface area contributed by atoms with Crippen LogP contribution in [0.1, 0.15) is 11.1 Å². The van der Waals surface area contributed by atoms with Crippen LogP contribution in [0.2, 0.25) is 0 Å². The summed E-state index contributed by atoms with van der Waals surface area (Å²) in [5.74, 6) is 0.670. The van der Waals surface area contributed by atoms with Gasteiger partial charge >= 0.3 is 0 Å². The lowest BCUT2D eigenvalue weighted by molar-refractivity contribution is 0.864. The first kappa shape index (κ1) is 13.9. The largest absolute Gasteiger partial charge is 0.389 e. The Labute approximate surface area is 125 Å². The van der Waals surface area contributed by atoms with E-state index in [0.717, 1.165) is 15.6 Å². The number of benzene rings is 1. The monoisotopic (exact) mass is 336 g/mol. The van der Waals surface area contributed by atoms with E-state index in [4.69, 9.17) is 18.0 Å². The average Bonchev–Trinajstić information content (AvgIpc) is 2.39. The highest BCUT2D eigenvalue weighted by molar-refractivity contribution is 9.10. The van der Waals surface area contributed by atoms with Gasteiger partial charge in [0, 0.05) is 31.5 Å². The number of halogens is 1. The molecule has 0 unspecified atom stereocenters. The van der Waals surface area contributed by atoms with E-state index in [-0.39, 0.29) is 0 Å².